The lowest BCUT2D eigenvalue weighted by molar-refractivity contribution is -0.384. The number of hydrogen-bond acceptors (Lipinski definition) is 5. The smallest absolute Gasteiger partial charge is 0.293 e. The van der Waals surface area contributed by atoms with Crippen LogP contribution in [0, 0.1) is 10.1 Å². The Morgan fingerprint density at radius 1 is 1.42 bits per heavy atom. The molecule has 8 heteroatoms. The van der Waals surface area contributed by atoms with Gasteiger partial charge in [0.1, 0.15) is 11.7 Å². The summed E-state index contributed by atoms with van der Waals surface area (Å²) in [6.45, 7) is 0. The van der Waals surface area contributed by atoms with Gasteiger partial charge in [0, 0.05) is 17.0 Å². The predicted molar refractivity (Wildman–Crippen MR) is 70.6 cm³/mol. The van der Waals surface area contributed by atoms with Gasteiger partial charge in [-0.05, 0) is 18.6 Å². The van der Waals surface area contributed by atoms with Crippen molar-refractivity contribution in [3.63, 3.8) is 0 Å². The third kappa shape index (κ3) is 3.08. The van der Waals surface area contributed by atoms with Crippen LogP contribution in [0.3, 0.4) is 0 Å². The standard InChI is InChI=1S/C11H10BrN3O4/c12-6-1-2-7(9(5-6)15(18)19)13-8-3-4-10(16)14-11(8)17/h1-2,5,8,13H,3-4H2,(H,14,16,17). The molecule has 0 radical (unpaired) electrons. The van der Waals surface area contributed by atoms with Crippen LogP contribution in [0.25, 0.3) is 0 Å². The average Bonchev–Trinajstić information content (AvgIpc) is 2.34. The molecule has 19 heavy (non-hydrogen) atoms. The molecule has 1 aliphatic heterocycles. The number of nitro groups is 1. The van der Waals surface area contributed by atoms with E-state index in [1.165, 1.54) is 12.1 Å². The Balaban J connectivity index is 2.21. The fourth-order valence-corrected chi connectivity index (χ4v) is 2.15. The Labute approximate surface area is 116 Å². The molecule has 100 valence electrons. The molecule has 2 amide bonds. The number of amides is 2. The van der Waals surface area contributed by atoms with E-state index in [0.717, 1.165) is 0 Å². The molecule has 1 saturated heterocycles. The van der Waals surface area contributed by atoms with Crippen molar-refractivity contribution in [2.75, 3.05) is 5.32 Å². The molecule has 1 aliphatic rings. The summed E-state index contributed by atoms with van der Waals surface area (Å²) in [5.74, 6) is -0.790. The van der Waals surface area contributed by atoms with Gasteiger partial charge in [0.05, 0.1) is 4.92 Å². The second-order valence-corrected chi connectivity index (χ2v) is 4.98. The van der Waals surface area contributed by atoms with Crippen LogP contribution < -0.4 is 10.6 Å². The summed E-state index contributed by atoms with van der Waals surface area (Å²) in [4.78, 5) is 33.0. The predicted octanol–water partition coefficient (Wildman–Crippen LogP) is 1.57. The van der Waals surface area contributed by atoms with Gasteiger partial charge < -0.3 is 5.32 Å². The fraction of sp³-hybridized carbons (Fsp3) is 0.273. The summed E-state index contributed by atoms with van der Waals surface area (Å²) in [6.07, 6.45) is 0.533. The third-order valence-corrected chi connectivity index (χ3v) is 3.22. The zero-order valence-corrected chi connectivity index (χ0v) is 11.3. The summed E-state index contributed by atoms with van der Waals surface area (Å²) in [6, 6.07) is 3.87. The molecule has 1 fully saturated rings. The number of piperidine rings is 1. The first kappa shape index (κ1) is 13.5. The van der Waals surface area contributed by atoms with Crippen LogP contribution in [0.15, 0.2) is 22.7 Å². The molecule has 2 rings (SSSR count). The van der Waals surface area contributed by atoms with Gasteiger partial charge in [-0.2, -0.15) is 0 Å². The minimum absolute atomic E-state index is 0.126. The minimum atomic E-state index is -0.641. The molecule has 0 spiro atoms. The topological polar surface area (TPSA) is 101 Å². The van der Waals surface area contributed by atoms with Crippen molar-refractivity contribution in [3.8, 4) is 0 Å². The van der Waals surface area contributed by atoms with Crippen LogP contribution in [0.2, 0.25) is 0 Å². The van der Waals surface area contributed by atoms with Gasteiger partial charge >= 0.3 is 0 Å². The molecular weight excluding hydrogens is 318 g/mol. The Morgan fingerprint density at radius 3 is 2.79 bits per heavy atom. The second-order valence-electron chi connectivity index (χ2n) is 4.07. The first-order valence-corrected chi connectivity index (χ1v) is 6.31. The Bertz CT molecular complexity index is 561. The molecular formula is C11H10BrN3O4. The molecule has 2 N–H and O–H groups in total. The molecule has 7 nitrogen and oxygen atoms in total. The van der Waals surface area contributed by atoms with E-state index in [4.69, 9.17) is 0 Å². The molecule has 0 aliphatic carbocycles. The molecule has 1 aromatic rings. The number of nitrogens with zero attached hydrogens (tertiary/aromatic N) is 1. The normalized spacial score (nSPS) is 18.9. The summed E-state index contributed by atoms with van der Waals surface area (Å²) in [7, 11) is 0. The summed E-state index contributed by atoms with van der Waals surface area (Å²) in [5.41, 5.74) is 0.127. The highest BCUT2D eigenvalue weighted by Gasteiger charge is 2.28. The van der Waals surface area contributed by atoms with Crippen LogP contribution >= 0.6 is 15.9 Å². The van der Waals surface area contributed by atoms with E-state index in [9.17, 15) is 19.7 Å². The first-order chi connectivity index (χ1) is 8.97. The van der Waals surface area contributed by atoms with Gasteiger partial charge in [0.25, 0.3) is 5.69 Å². The van der Waals surface area contributed by atoms with Gasteiger partial charge in [0.2, 0.25) is 11.8 Å². The number of rotatable bonds is 3. The molecule has 1 aromatic carbocycles. The Kier molecular flexibility index (Phi) is 3.79. The van der Waals surface area contributed by atoms with Gasteiger partial charge in [-0.15, -0.1) is 0 Å². The SMILES string of the molecule is O=C1CCC(Nc2ccc(Br)cc2[N+](=O)[O-])C(=O)N1. The van der Waals surface area contributed by atoms with Crippen LogP contribution in [-0.4, -0.2) is 22.8 Å². The largest absolute Gasteiger partial charge is 0.368 e. The highest BCUT2D eigenvalue weighted by atomic mass is 79.9. The molecule has 0 saturated carbocycles. The van der Waals surface area contributed by atoms with Crippen molar-refractivity contribution in [2.24, 2.45) is 0 Å². The summed E-state index contributed by atoms with van der Waals surface area (Å²) in [5, 5.41) is 15.9. The number of benzene rings is 1. The van der Waals surface area contributed by atoms with Crippen LogP contribution in [-0.2, 0) is 9.59 Å². The zero-order valence-electron chi connectivity index (χ0n) is 9.68. The van der Waals surface area contributed by atoms with Crippen molar-refractivity contribution < 1.29 is 14.5 Å². The maximum atomic E-state index is 11.6. The number of carbonyl (C=O) groups excluding carboxylic acids is 2. The number of nitro benzene ring substituents is 1. The lowest BCUT2D eigenvalue weighted by Gasteiger charge is -2.22. The molecule has 0 aromatic heterocycles. The number of imide groups is 1. The highest BCUT2D eigenvalue weighted by Crippen LogP contribution is 2.29. The van der Waals surface area contributed by atoms with E-state index >= 15 is 0 Å². The van der Waals surface area contributed by atoms with Gasteiger partial charge in [0.15, 0.2) is 0 Å². The number of anilines is 1. The maximum Gasteiger partial charge on any atom is 0.293 e. The monoisotopic (exact) mass is 327 g/mol. The molecule has 1 atom stereocenters. The molecule has 1 unspecified atom stereocenters. The van der Waals surface area contributed by atoms with Gasteiger partial charge in [-0.3, -0.25) is 25.0 Å². The molecule has 0 bridgehead atoms. The maximum absolute atomic E-state index is 11.6. The van der Waals surface area contributed by atoms with E-state index in [2.05, 4.69) is 26.6 Å². The van der Waals surface area contributed by atoms with Crippen LogP contribution in [0.5, 0.6) is 0 Å². The quantitative estimate of drug-likeness (QED) is 0.498. The van der Waals surface area contributed by atoms with Crippen LogP contribution in [0.4, 0.5) is 11.4 Å². The number of carbonyl (C=O) groups is 2. The van der Waals surface area contributed by atoms with E-state index in [0.29, 0.717) is 10.9 Å². The van der Waals surface area contributed by atoms with E-state index < -0.39 is 16.9 Å². The minimum Gasteiger partial charge on any atom is -0.368 e. The summed E-state index contributed by atoms with van der Waals surface area (Å²) < 4.78 is 0.577. The second kappa shape index (κ2) is 5.35. The van der Waals surface area contributed by atoms with E-state index in [1.54, 1.807) is 6.07 Å². The van der Waals surface area contributed by atoms with Crippen molar-refractivity contribution >= 4 is 39.1 Å². The average molecular weight is 328 g/mol. The van der Waals surface area contributed by atoms with Crippen molar-refractivity contribution in [1.82, 2.24) is 5.32 Å². The summed E-state index contributed by atoms with van der Waals surface area (Å²) >= 11 is 3.15. The zero-order chi connectivity index (χ0) is 14.0. The number of hydrogen-bond donors (Lipinski definition) is 2. The van der Waals surface area contributed by atoms with E-state index in [-0.39, 0.29) is 23.7 Å². The Morgan fingerprint density at radius 2 is 2.16 bits per heavy atom. The first-order valence-electron chi connectivity index (χ1n) is 5.51. The number of nitrogens with one attached hydrogen (secondary N) is 2. The lowest BCUT2D eigenvalue weighted by Crippen LogP contribution is -2.47. The van der Waals surface area contributed by atoms with Crippen molar-refractivity contribution in [3.05, 3.63) is 32.8 Å². The van der Waals surface area contributed by atoms with Gasteiger partial charge in [-0.1, -0.05) is 15.9 Å². The number of halogens is 1. The van der Waals surface area contributed by atoms with E-state index in [1.807, 2.05) is 0 Å². The highest BCUT2D eigenvalue weighted by molar-refractivity contribution is 9.10. The Hall–Kier alpha value is -1.96. The van der Waals surface area contributed by atoms with Crippen LogP contribution in [0.1, 0.15) is 12.8 Å². The van der Waals surface area contributed by atoms with Gasteiger partial charge in [-0.25, -0.2) is 0 Å². The third-order valence-electron chi connectivity index (χ3n) is 2.73. The molecule has 1 heterocycles. The lowest BCUT2D eigenvalue weighted by atomic mass is 10.1. The fourth-order valence-electron chi connectivity index (χ4n) is 1.80. The van der Waals surface area contributed by atoms with Crippen molar-refractivity contribution in [2.45, 2.75) is 18.9 Å². The van der Waals surface area contributed by atoms with Crippen molar-refractivity contribution in [1.29, 1.82) is 0 Å².